The number of hydrogen-bond acceptors (Lipinski definition) is 3. The van der Waals surface area contributed by atoms with Crippen molar-refractivity contribution in [2.75, 3.05) is 5.32 Å². The molecule has 0 spiro atoms. The summed E-state index contributed by atoms with van der Waals surface area (Å²) in [4.78, 5) is 22.8. The fourth-order valence-electron chi connectivity index (χ4n) is 1.85. The van der Waals surface area contributed by atoms with Gasteiger partial charge >= 0.3 is 12.0 Å². The van der Waals surface area contributed by atoms with Gasteiger partial charge in [0, 0.05) is 31.0 Å². The smallest absolute Gasteiger partial charge is 0.336 e. The van der Waals surface area contributed by atoms with Crippen LogP contribution in [0.15, 0.2) is 30.6 Å². The lowest BCUT2D eigenvalue weighted by atomic mass is 10.1. The number of rotatable bonds is 4. The minimum atomic E-state index is -1.02. The van der Waals surface area contributed by atoms with Crippen LogP contribution in [-0.4, -0.2) is 26.9 Å². The van der Waals surface area contributed by atoms with E-state index in [1.54, 1.807) is 43.2 Å². The molecule has 0 atom stereocenters. The van der Waals surface area contributed by atoms with Crippen LogP contribution in [0.5, 0.6) is 0 Å². The van der Waals surface area contributed by atoms with Crippen LogP contribution in [0, 0.1) is 6.92 Å². The van der Waals surface area contributed by atoms with Gasteiger partial charge in [0.25, 0.3) is 0 Å². The molecule has 0 unspecified atom stereocenters. The fraction of sp³-hybridized carbons (Fsp3) is 0.214. The Kier molecular flexibility index (Phi) is 4.22. The first-order chi connectivity index (χ1) is 9.95. The summed E-state index contributed by atoms with van der Waals surface area (Å²) in [5.74, 6) is -1.02. The summed E-state index contributed by atoms with van der Waals surface area (Å²) < 4.78 is 1.65. The molecule has 3 N–H and O–H groups in total. The first kappa shape index (κ1) is 14.6. The van der Waals surface area contributed by atoms with E-state index in [0.29, 0.717) is 17.8 Å². The van der Waals surface area contributed by atoms with Crippen LogP contribution in [0.25, 0.3) is 0 Å². The normalized spacial score (nSPS) is 10.2. The Morgan fingerprint density at radius 3 is 2.76 bits per heavy atom. The Morgan fingerprint density at radius 1 is 1.38 bits per heavy atom. The molecule has 0 bridgehead atoms. The predicted octanol–water partition coefficient (Wildman–Crippen LogP) is 1.75. The second kappa shape index (κ2) is 6.08. The topological polar surface area (TPSA) is 96.3 Å². The maximum atomic E-state index is 11.8. The van der Waals surface area contributed by atoms with Crippen molar-refractivity contribution in [3.05, 3.63) is 47.3 Å². The number of carboxylic acid groups (broad SMARTS) is 1. The first-order valence-electron chi connectivity index (χ1n) is 6.32. The van der Waals surface area contributed by atoms with Crippen LogP contribution in [0.1, 0.15) is 21.5 Å². The highest BCUT2D eigenvalue weighted by atomic mass is 16.4. The van der Waals surface area contributed by atoms with Gasteiger partial charge in [-0.05, 0) is 24.6 Å². The van der Waals surface area contributed by atoms with Gasteiger partial charge < -0.3 is 15.7 Å². The van der Waals surface area contributed by atoms with Crippen LogP contribution in [0.2, 0.25) is 0 Å². The number of carbonyl (C=O) groups excluding carboxylic acids is 1. The molecule has 0 saturated carbocycles. The number of nitrogens with one attached hydrogen (secondary N) is 2. The summed E-state index contributed by atoms with van der Waals surface area (Å²) in [6, 6.07) is 4.34. The summed E-state index contributed by atoms with van der Waals surface area (Å²) in [6.07, 6.45) is 3.46. The summed E-state index contributed by atoms with van der Waals surface area (Å²) in [6.45, 7) is 2.05. The number of nitrogens with zero attached hydrogens (tertiary/aromatic N) is 2. The zero-order chi connectivity index (χ0) is 15.4. The lowest BCUT2D eigenvalue weighted by Gasteiger charge is -2.08. The number of carbonyl (C=O) groups is 2. The van der Waals surface area contributed by atoms with Gasteiger partial charge in [0.2, 0.25) is 0 Å². The van der Waals surface area contributed by atoms with Crippen molar-refractivity contribution in [2.45, 2.75) is 13.5 Å². The quantitative estimate of drug-likeness (QED) is 0.798. The highest BCUT2D eigenvalue weighted by Gasteiger charge is 2.09. The number of carboxylic acids is 1. The van der Waals surface area contributed by atoms with Crippen molar-refractivity contribution in [3.63, 3.8) is 0 Å². The van der Waals surface area contributed by atoms with Crippen molar-refractivity contribution in [1.82, 2.24) is 15.1 Å². The number of hydrogen-bond donors (Lipinski definition) is 3. The standard InChI is InChI=1S/C14H16N4O3/c1-9-3-4-11(5-12(9)13(19)20)17-14(21)15-6-10-7-16-18(2)8-10/h3-5,7-8H,6H2,1-2H3,(H,19,20)(H2,15,17,21). The zero-order valence-corrected chi connectivity index (χ0v) is 11.8. The zero-order valence-electron chi connectivity index (χ0n) is 11.8. The molecule has 0 aliphatic rings. The second-order valence-electron chi connectivity index (χ2n) is 4.66. The maximum absolute atomic E-state index is 11.8. The van der Waals surface area contributed by atoms with Crippen LogP contribution in [0.3, 0.4) is 0 Å². The Hall–Kier alpha value is -2.83. The highest BCUT2D eigenvalue weighted by Crippen LogP contribution is 2.15. The average molecular weight is 288 g/mol. The third kappa shape index (κ3) is 3.82. The molecule has 2 amide bonds. The van der Waals surface area contributed by atoms with E-state index in [9.17, 15) is 9.59 Å². The van der Waals surface area contributed by atoms with E-state index in [4.69, 9.17) is 5.11 Å². The largest absolute Gasteiger partial charge is 0.478 e. The molecule has 1 aromatic carbocycles. The van der Waals surface area contributed by atoms with Gasteiger partial charge in [0.05, 0.1) is 11.8 Å². The van der Waals surface area contributed by atoms with Gasteiger partial charge in [-0.25, -0.2) is 9.59 Å². The summed E-state index contributed by atoms with van der Waals surface area (Å²) in [7, 11) is 1.79. The van der Waals surface area contributed by atoms with Gasteiger partial charge in [-0.1, -0.05) is 6.07 Å². The Balaban J connectivity index is 1.96. The Labute approximate surface area is 121 Å². The number of aryl methyl sites for hydroxylation is 2. The van der Waals surface area contributed by atoms with E-state index in [2.05, 4.69) is 15.7 Å². The van der Waals surface area contributed by atoms with Gasteiger partial charge in [0.15, 0.2) is 0 Å². The van der Waals surface area contributed by atoms with Crippen LogP contribution < -0.4 is 10.6 Å². The molecule has 110 valence electrons. The van der Waals surface area contributed by atoms with Crippen LogP contribution in [0.4, 0.5) is 10.5 Å². The van der Waals surface area contributed by atoms with Crippen LogP contribution >= 0.6 is 0 Å². The molecule has 2 rings (SSSR count). The lowest BCUT2D eigenvalue weighted by Crippen LogP contribution is -2.28. The number of urea groups is 1. The van der Waals surface area contributed by atoms with Crippen molar-refractivity contribution >= 4 is 17.7 Å². The van der Waals surface area contributed by atoms with E-state index in [1.165, 1.54) is 6.07 Å². The molecule has 1 aromatic heterocycles. The van der Waals surface area contributed by atoms with Gasteiger partial charge in [-0.15, -0.1) is 0 Å². The second-order valence-corrected chi connectivity index (χ2v) is 4.66. The number of amides is 2. The number of aromatic carboxylic acids is 1. The number of aromatic nitrogens is 2. The third-order valence-electron chi connectivity index (χ3n) is 2.94. The summed E-state index contributed by atoms with van der Waals surface area (Å²) >= 11 is 0. The van der Waals surface area contributed by atoms with E-state index >= 15 is 0 Å². The molecular formula is C14H16N4O3. The van der Waals surface area contributed by atoms with Crippen molar-refractivity contribution in [3.8, 4) is 0 Å². The molecule has 0 aliphatic carbocycles. The van der Waals surface area contributed by atoms with E-state index in [0.717, 1.165) is 5.56 Å². The van der Waals surface area contributed by atoms with E-state index in [1.807, 2.05) is 0 Å². The van der Waals surface area contributed by atoms with Gasteiger partial charge in [-0.2, -0.15) is 5.10 Å². The molecule has 7 heteroatoms. The molecule has 0 aliphatic heterocycles. The van der Waals surface area contributed by atoms with Crippen molar-refractivity contribution in [1.29, 1.82) is 0 Å². The van der Waals surface area contributed by atoms with Gasteiger partial charge in [0.1, 0.15) is 0 Å². The maximum Gasteiger partial charge on any atom is 0.336 e. The molecule has 0 saturated heterocycles. The molecule has 2 aromatic rings. The molecule has 7 nitrogen and oxygen atoms in total. The molecular weight excluding hydrogens is 272 g/mol. The number of benzene rings is 1. The van der Waals surface area contributed by atoms with Crippen molar-refractivity contribution < 1.29 is 14.7 Å². The Bertz CT molecular complexity index is 679. The SMILES string of the molecule is Cc1ccc(NC(=O)NCc2cnn(C)c2)cc1C(=O)O. The highest BCUT2D eigenvalue weighted by molar-refractivity contribution is 5.94. The minimum absolute atomic E-state index is 0.167. The number of anilines is 1. The van der Waals surface area contributed by atoms with E-state index in [-0.39, 0.29) is 5.56 Å². The lowest BCUT2D eigenvalue weighted by molar-refractivity contribution is 0.0696. The minimum Gasteiger partial charge on any atom is -0.478 e. The average Bonchev–Trinajstić information content (AvgIpc) is 2.84. The van der Waals surface area contributed by atoms with Crippen molar-refractivity contribution in [2.24, 2.45) is 7.05 Å². The Morgan fingerprint density at radius 2 is 2.14 bits per heavy atom. The molecule has 0 fully saturated rings. The first-order valence-corrected chi connectivity index (χ1v) is 6.32. The monoisotopic (exact) mass is 288 g/mol. The summed E-state index contributed by atoms with van der Waals surface area (Å²) in [5.41, 5.74) is 2.12. The molecule has 1 heterocycles. The molecule has 21 heavy (non-hydrogen) atoms. The third-order valence-corrected chi connectivity index (χ3v) is 2.94. The van der Waals surface area contributed by atoms with E-state index < -0.39 is 12.0 Å². The van der Waals surface area contributed by atoms with Crippen LogP contribution in [-0.2, 0) is 13.6 Å². The van der Waals surface area contributed by atoms with Gasteiger partial charge in [-0.3, -0.25) is 4.68 Å². The predicted molar refractivity (Wildman–Crippen MR) is 77.2 cm³/mol. The fourth-order valence-corrected chi connectivity index (χ4v) is 1.85. The summed E-state index contributed by atoms with van der Waals surface area (Å²) in [5, 5.41) is 18.3. The molecule has 0 radical (unpaired) electrons.